The summed E-state index contributed by atoms with van der Waals surface area (Å²) in [5, 5.41) is 22.2. The van der Waals surface area contributed by atoms with Crippen molar-refractivity contribution in [3.8, 4) is 11.5 Å². The van der Waals surface area contributed by atoms with Gasteiger partial charge in [0.1, 0.15) is 47.0 Å². The second kappa shape index (κ2) is 26.0. The molecule has 4 aromatic heterocycles. The molecule has 0 amide bonds. The summed E-state index contributed by atoms with van der Waals surface area (Å²) in [4.78, 5) is 9.40. The summed E-state index contributed by atoms with van der Waals surface area (Å²) in [6.45, 7) is 0.608. The van der Waals surface area contributed by atoms with Gasteiger partial charge in [0.2, 0.25) is 0 Å². The van der Waals surface area contributed by atoms with Gasteiger partial charge in [0.25, 0.3) is 0 Å². The number of anilines is 12. The Labute approximate surface area is 664 Å². The van der Waals surface area contributed by atoms with Gasteiger partial charge in [-0.25, -0.2) is 0 Å². The van der Waals surface area contributed by atoms with Crippen LogP contribution in [-0.4, -0.2) is 13.2 Å². The van der Waals surface area contributed by atoms with Gasteiger partial charge in [-0.2, -0.15) is 0 Å². The summed E-state index contributed by atoms with van der Waals surface area (Å²) in [7, 11) is 0. The highest BCUT2D eigenvalue weighted by molar-refractivity contribution is 6.31. The summed E-state index contributed by atoms with van der Waals surface area (Å²) < 4.78 is 40.5. The first-order valence-corrected chi connectivity index (χ1v) is 39.3. The van der Waals surface area contributed by atoms with E-state index in [0.29, 0.717) is 24.7 Å². The van der Waals surface area contributed by atoms with Gasteiger partial charge in [0.15, 0.2) is 22.3 Å². The van der Waals surface area contributed by atoms with E-state index in [1.807, 2.05) is 48.5 Å². The number of rotatable bonds is 17. The molecule has 116 heavy (non-hydrogen) atoms. The third-order valence-corrected chi connectivity index (χ3v) is 23.5. The molecule has 0 aliphatic rings. The van der Waals surface area contributed by atoms with Gasteiger partial charge < -0.3 is 46.7 Å². The van der Waals surface area contributed by atoms with Crippen LogP contribution >= 0.6 is 0 Å². The predicted molar refractivity (Wildman–Crippen MR) is 479 cm³/mol. The number of benzene rings is 20. The first-order chi connectivity index (χ1) is 57.5. The maximum Gasteiger partial charge on any atom is 0.159 e. The number of ether oxygens (including phenoxy) is 2. The van der Waals surface area contributed by atoms with Crippen molar-refractivity contribution in [1.82, 2.24) is 0 Å². The predicted octanol–water partition coefficient (Wildman–Crippen LogP) is 30.4. The normalized spacial score (nSPS) is 12.0. The Hall–Kier alpha value is -15.5. The van der Waals surface area contributed by atoms with Crippen LogP contribution in [-0.2, 0) is 0 Å². The lowest BCUT2D eigenvalue weighted by Crippen LogP contribution is -2.12. The zero-order valence-electron chi connectivity index (χ0n) is 62.4. The van der Waals surface area contributed by atoms with Crippen LogP contribution in [0.3, 0.4) is 0 Å². The highest BCUT2D eigenvalue weighted by atomic mass is 16.5. The fourth-order valence-electron chi connectivity index (χ4n) is 18.4. The molecule has 0 fully saturated rings. The van der Waals surface area contributed by atoms with Crippen LogP contribution < -0.4 is 29.1 Å². The lowest BCUT2D eigenvalue weighted by molar-refractivity contribution is 0.217. The number of nitrogens with zero attached hydrogens (tertiary/aromatic N) is 4. The van der Waals surface area contributed by atoms with Gasteiger partial charge in [-0.1, -0.05) is 231 Å². The summed E-state index contributed by atoms with van der Waals surface area (Å²) in [5.74, 6) is 1.43. The van der Waals surface area contributed by atoms with E-state index in [-0.39, 0.29) is 0 Å². The van der Waals surface area contributed by atoms with Gasteiger partial charge in [0.05, 0.1) is 45.5 Å². The van der Waals surface area contributed by atoms with Crippen molar-refractivity contribution >= 4 is 221 Å². The third kappa shape index (κ3) is 10.2. The second-order valence-electron chi connectivity index (χ2n) is 29.9. The van der Waals surface area contributed by atoms with Crippen LogP contribution in [0.15, 0.2) is 394 Å². The smallest absolute Gasteiger partial charge is 0.159 e. The molecule has 10 nitrogen and oxygen atoms in total. The van der Waals surface area contributed by atoms with Gasteiger partial charge >= 0.3 is 0 Å². The lowest BCUT2D eigenvalue weighted by atomic mass is 9.91. The molecule has 0 atom stereocenters. The Morgan fingerprint density at radius 2 is 0.405 bits per heavy atom. The van der Waals surface area contributed by atoms with Gasteiger partial charge in [-0.05, 0) is 189 Å². The lowest BCUT2D eigenvalue weighted by Gasteiger charge is -2.29. The quantitative estimate of drug-likeness (QED) is 0.0649. The van der Waals surface area contributed by atoms with E-state index in [1.54, 1.807) is 0 Å². The number of hydrogen-bond acceptors (Lipinski definition) is 10. The number of furan rings is 4. The minimum absolute atomic E-state index is 0.304. The molecule has 0 aliphatic carbocycles. The van der Waals surface area contributed by atoms with Crippen LogP contribution in [0.25, 0.3) is 152 Å². The van der Waals surface area contributed by atoms with Crippen LogP contribution in [0, 0.1) is 0 Å². The molecule has 0 saturated carbocycles. The maximum absolute atomic E-state index is 6.90. The number of hydrogen-bond donors (Lipinski definition) is 0. The molecule has 20 aromatic carbocycles. The number of fused-ring (bicyclic) bond motifs is 12. The Morgan fingerprint density at radius 1 is 0.172 bits per heavy atom. The van der Waals surface area contributed by atoms with Crippen molar-refractivity contribution in [2.45, 2.75) is 0 Å². The zero-order valence-corrected chi connectivity index (χ0v) is 62.4. The molecule has 0 aliphatic heterocycles. The summed E-state index contributed by atoms with van der Waals surface area (Å²) in [5.41, 5.74) is 18.4. The SMILES string of the molecule is c1ccc(N(c2ccc3ccc4c(N(c5ccc(OCCOc6ccc(N(c7ccc8ccc9c(N(c%10ccccc%10)c%10cccc%11c%10oc%10ccccc%10%11)ccc%10ccc7c8c%109)c7cccc8c7oc7ccccc78)cc6)cc5)c5cccc6c5oc5ccccc56)ccc5ccc2c3c54)c2cccc3c2oc2ccccc23)cc1. The molecule has 0 N–H and O–H groups in total. The minimum atomic E-state index is 0.304. The summed E-state index contributed by atoms with van der Waals surface area (Å²) >= 11 is 0. The third-order valence-electron chi connectivity index (χ3n) is 23.5. The molecule has 546 valence electrons. The molecule has 24 aromatic rings. The molecule has 4 heterocycles. The van der Waals surface area contributed by atoms with E-state index in [1.165, 1.54) is 21.5 Å². The van der Waals surface area contributed by atoms with Crippen LogP contribution in [0.2, 0.25) is 0 Å². The second-order valence-corrected chi connectivity index (χ2v) is 29.9. The largest absolute Gasteiger partial charge is 0.490 e. The van der Waals surface area contributed by atoms with E-state index >= 15 is 0 Å². The molecule has 24 rings (SSSR count). The number of para-hydroxylation sites is 10. The van der Waals surface area contributed by atoms with E-state index in [0.717, 1.165) is 199 Å². The van der Waals surface area contributed by atoms with Crippen molar-refractivity contribution < 1.29 is 27.1 Å². The van der Waals surface area contributed by atoms with Crippen LogP contribution in [0.4, 0.5) is 68.2 Å². The average Bonchev–Trinajstić information content (AvgIpc) is 0.751. The maximum atomic E-state index is 6.90. The van der Waals surface area contributed by atoms with Crippen molar-refractivity contribution in [1.29, 1.82) is 0 Å². The molecule has 0 saturated heterocycles. The average molecular weight is 1490 g/mol. The van der Waals surface area contributed by atoms with Gasteiger partial charge in [-0.3, -0.25) is 0 Å². The summed E-state index contributed by atoms with van der Waals surface area (Å²) in [6, 6.07) is 133. The van der Waals surface area contributed by atoms with Gasteiger partial charge in [0, 0.05) is 87.4 Å². The first-order valence-electron chi connectivity index (χ1n) is 39.3. The Morgan fingerprint density at radius 3 is 0.681 bits per heavy atom. The van der Waals surface area contributed by atoms with E-state index in [4.69, 9.17) is 27.1 Å². The topological polar surface area (TPSA) is 84.0 Å². The van der Waals surface area contributed by atoms with Crippen molar-refractivity contribution in [3.63, 3.8) is 0 Å². The first kappa shape index (κ1) is 65.2. The molecule has 0 radical (unpaired) electrons. The molecular weight excluding hydrogens is 1430 g/mol. The highest BCUT2D eigenvalue weighted by Crippen LogP contribution is 2.54. The van der Waals surface area contributed by atoms with E-state index in [2.05, 4.69) is 347 Å². The zero-order chi connectivity index (χ0) is 76.1. The fraction of sp³-hybridized carbons (Fsp3) is 0.0189. The molecule has 10 heteroatoms. The Bertz CT molecular complexity index is 7530. The van der Waals surface area contributed by atoms with Crippen LogP contribution in [0.5, 0.6) is 11.5 Å². The van der Waals surface area contributed by atoms with Crippen LogP contribution in [0.1, 0.15) is 0 Å². The van der Waals surface area contributed by atoms with E-state index < -0.39 is 0 Å². The molecular formula is C106H66N4O6. The summed E-state index contributed by atoms with van der Waals surface area (Å²) in [6.07, 6.45) is 0. The molecule has 0 bridgehead atoms. The monoisotopic (exact) mass is 1490 g/mol. The standard InChI is InChI=1S/C106H66N4O6/c1-3-19-69(20-4-1)107(91-31-15-27-79-75-23-7-11-35-95(75)113-103(79)91)87-59-43-65-41-57-85-89(61-45-67-39-55-83(87)99(65)101(67)85)109(93-33-17-29-81-77-25-9-13-37-97(77)115-105(81)93)71-47-51-73(52-48-71)111-63-64-112-74-53-49-72(50-54-74)110(94-34-18-30-82-78-26-10-14-38-98(78)116-106(82)94)90-62-46-68-40-56-84-88(60-44-66-42-58-86(90)102(68)100(66)84)108(70-21-5-2-6-22-70)92-32-16-28-80-76-24-8-12-36-96(76)114-104(80)92/h1-62H,63-64H2. The van der Waals surface area contributed by atoms with Crippen molar-refractivity contribution in [2.24, 2.45) is 0 Å². The van der Waals surface area contributed by atoms with Crippen molar-refractivity contribution in [2.75, 3.05) is 32.8 Å². The highest BCUT2D eigenvalue weighted by Gasteiger charge is 2.30. The minimum Gasteiger partial charge on any atom is -0.490 e. The molecule has 0 spiro atoms. The fourth-order valence-corrected chi connectivity index (χ4v) is 18.4. The Balaban J connectivity index is 0.561. The van der Waals surface area contributed by atoms with Crippen molar-refractivity contribution in [3.05, 3.63) is 376 Å². The van der Waals surface area contributed by atoms with E-state index in [9.17, 15) is 0 Å². The molecule has 0 unspecified atom stereocenters. The Kier molecular flexibility index (Phi) is 14.6. The van der Waals surface area contributed by atoms with Gasteiger partial charge in [-0.15, -0.1) is 0 Å².